The maximum Gasteiger partial charge on any atom is 0.258 e. The number of aryl methyl sites for hydroxylation is 1. The normalized spacial score (nSPS) is 11.2. The molecule has 3 rings (SSSR count). The van der Waals surface area contributed by atoms with Gasteiger partial charge >= 0.3 is 0 Å². The number of thioether (sulfide) groups is 1. The fourth-order valence-corrected chi connectivity index (χ4v) is 3.15. The smallest absolute Gasteiger partial charge is 0.258 e. The van der Waals surface area contributed by atoms with Crippen LogP contribution in [0.2, 0.25) is 0 Å². The summed E-state index contributed by atoms with van der Waals surface area (Å²) in [6.07, 6.45) is 1.65. The van der Waals surface area contributed by atoms with Gasteiger partial charge < -0.3 is 9.67 Å². The van der Waals surface area contributed by atoms with E-state index in [0.717, 1.165) is 16.5 Å². The fourth-order valence-electron chi connectivity index (χ4n) is 2.28. The highest BCUT2D eigenvalue weighted by molar-refractivity contribution is 7.98. The molecule has 3 aromatic heterocycles. The van der Waals surface area contributed by atoms with Crippen molar-refractivity contribution in [1.29, 1.82) is 0 Å². The van der Waals surface area contributed by atoms with Crippen LogP contribution >= 0.6 is 11.8 Å². The SMILES string of the molecule is Cc1cccc2nc(CSc3ncc(CO)n3C)cc(=O)n12. The molecule has 22 heavy (non-hydrogen) atoms. The highest BCUT2D eigenvalue weighted by Gasteiger charge is 2.09. The third kappa shape index (κ3) is 2.65. The van der Waals surface area contributed by atoms with E-state index in [-0.39, 0.29) is 12.2 Å². The molecule has 0 aliphatic heterocycles. The number of hydrogen-bond donors (Lipinski definition) is 1. The van der Waals surface area contributed by atoms with E-state index in [4.69, 9.17) is 0 Å². The number of nitrogens with zero attached hydrogens (tertiary/aromatic N) is 4. The Morgan fingerprint density at radius 3 is 2.91 bits per heavy atom. The number of imidazole rings is 1. The van der Waals surface area contributed by atoms with Gasteiger partial charge in [0.1, 0.15) is 5.65 Å². The molecule has 0 bridgehead atoms. The Morgan fingerprint density at radius 2 is 2.18 bits per heavy atom. The average molecular weight is 316 g/mol. The lowest BCUT2D eigenvalue weighted by Gasteiger charge is -2.07. The van der Waals surface area contributed by atoms with Crippen LogP contribution in [0.25, 0.3) is 5.65 Å². The second-order valence-corrected chi connectivity index (χ2v) is 5.93. The van der Waals surface area contributed by atoms with E-state index in [1.165, 1.54) is 11.8 Å². The van der Waals surface area contributed by atoms with E-state index in [1.807, 2.05) is 36.7 Å². The minimum Gasteiger partial charge on any atom is -0.390 e. The summed E-state index contributed by atoms with van der Waals surface area (Å²) in [6, 6.07) is 7.16. The van der Waals surface area contributed by atoms with Crippen LogP contribution in [0.5, 0.6) is 0 Å². The van der Waals surface area contributed by atoms with Crippen LogP contribution in [0.4, 0.5) is 0 Å². The van der Waals surface area contributed by atoms with Gasteiger partial charge in [0.05, 0.1) is 24.2 Å². The number of fused-ring (bicyclic) bond motifs is 1. The van der Waals surface area contributed by atoms with Crippen LogP contribution in [0.1, 0.15) is 17.1 Å². The van der Waals surface area contributed by atoms with Crippen molar-refractivity contribution < 1.29 is 5.11 Å². The van der Waals surface area contributed by atoms with E-state index < -0.39 is 0 Å². The number of hydrogen-bond acceptors (Lipinski definition) is 5. The zero-order valence-corrected chi connectivity index (χ0v) is 13.2. The Hall–Kier alpha value is -2.12. The summed E-state index contributed by atoms with van der Waals surface area (Å²) in [7, 11) is 1.85. The van der Waals surface area contributed by atoms with Gasteiger partial charge in [-0.15, -0.1) is 0 Å². The molecular formula is C15H16N4O2S. The summed E-state index contributed by atoms with van der Waals surface area (Å²) in [6.45, 7) is 1.84. The molecule has 0 saturated heterocycles. The summed E-state index contributed by atoms with van der Waals surface area (Å²) in [5.41, 5.74) is 2.92. The number of pyridine rings is 1. The first-order valence-electron chi connectivity index (χ1n) is 6.82. The van der Waals surface area contributed by atoms with Crippen molar-refractivity contribution in [1.82, 2.24) is 18.9 Å². The Balaban J connectivity index is 1.88. The van der Waals surface area contributed by atoms with Crippen molar-refractivity contribution >= 4 is 17.4 Å². The summed E-state index contributed by atoms with van der Waals surface area (Å²) < 4.78 is 3.43. The maximum atomic E-state index is 12.2. The van der Waals surface area contributed by atoms with Gasteiger partial charge in [0, 0.05) is 24.6 Å². The molecule has 7 heteroatoms. The molecule has 0 atom stereocenters. The highest BCUT2D eigenvalue weighted by Crippen LogP contribution is 2.21. The molecule has 0 saturated carbocycles. The molecular weight excluding hydrogens is 300 g/mol. The molecule has 0 amide bonds. The first kappa shape index (κ1) is 14.8. The van der Waals surface area contributed by atoms with Crippen LogP contribution in [0.3, 0.4) is 0 Å². The lowest BCUT2D eigenvalue weighted by Crippen LogP contribution is -2.17. The molecule has 0 spiro atoms. The van der Waals surface area contributed by atoms with Gasteiger partial charge in [-0.3, -0.25) is 9.20 Å². The Bertz CT molecular complexity index is 885. The van der Waals surface area contributed by atoms with Crippen LogP contribution < -0.4 is 5.56 Å². The fraction of sp³-hybridized carbons (Fsp3) is 0.267. The predicted octanol–water partition coefficient (Wildman–Crippen LogP) is 1.52. The minimum atomic E-state index is -0.0745. The Morgan fingerprint density at radius 1 is 1.36 bits per heavy atom. The van der Waals surface area contributed by atoms with E-state index in [2.05, 4.69) is 9.97 Å². The van der Waals surface area contributed by atoms with Crippen molar-refractivity contribution in [3.8, 4) is 0 Å². The van der Waals surface area contributed by atoms with Crippen molar-refractivity contribution in [2.75, 3.05) is 0 Å². The van der Waals surface area contributed by atoms with Gasteiger partial charge in [-0.1, -0.05) is 17.8 Å². The molecule has 0 aliphatic carbocycles. The van der Waals surface area contributed by atoms with Gasteiger partial charge in [0.2, 0.25) is 0 Å². The molecule has 0 aliphatic rings. The molecule has 1 N–H and O–H groups in total. The van der Waals surface area contributed by atoms with Crippen LogP contribution in [0.15, 0.2) is 40.4 Å². The maximum absolute atomic E-state index is 12.2. The van der Waals surface area contributed by atoms with Crippen LogP contribution in [-0.4, -0.2) is 24.0 Å². The number of rotatable bonds is 4. The number of aromatic nitrogens is 4. The topological polar surface area (TPSA) is 72.4 Å². The summed E-state index contributed by atoms with van der Waals surface area (Å²) in [5.74, 6) is 0.551. The van der Waals surface area contributed by atoms with Crippen molar-refractivity contribution in [2.24, 2.45) is 7.05 Å². The van der Waals surface area contributed by atoms with Gasteiger partial charge in [0.15, 0.2) is 5.16 Å². The zero-order valence-electron chi connectivity index (χ0n) is 12.4. The highest BCUT2D eigenvalue weighted by atomic mass is 32.2. The average Bonchev–Trinajstić information content (AvgIpc) is 2.85. The Kier molecular flexibility index (Phi) is 4.00. The monoisotopic (exact) mass is 316 g/mol. The third-order valence-corrected chi connectivity index (χ3v) is 4.56. The minimum absolute atomic E-state index is 0.0427. The zero-order chi connectivity index (χ0) is 15.7. The lowest BCUT2D eigenvalue weighted by molar-refractivity contribution is 0.271. The summed E-state index contributed by atoms with van der Waals surface area (Å²) >= 11 is 1.49. The number of aliphatic hydroxyl groups excluding tert-OH is 1. The molecule has 6 nitrogen and oxygen atoms in total. The van der Waals surface area contributed by atoms with Crippen LogP contribution in [-0.2, 0) is 19.4 Å². The first-order chi connectivity index (χ1) is 10.6. The van der Waals surface area contributed by atoms with Crippen LogP contribution in [0, 0.1) is 6.92 Å². The second kappa shape index (κ2) is 5.94. The van der Waals surface area contributed by atoms with E-state index in [1.54, 1.807) is 16.7 Å². The summed E-state index contributed by atoms with van der Waals surface area (Å²) in [4.78, 5) is 21.0. The third-order valence-electron chi connectivity index (χ3n) is 3.49. The Labute approximate surface area is 131 Å². The van der Waals surface area contributed by atoms with E-state index in [0.29, 0.717) is 17.1 Å². The standard InChI is InChI=1S/C15H16N4O2S/c1-10-4-3-5-13-17-11(6-14(21)19(10)13)9-22-15-16-7-12(8-20)18(15)2/h3-7,20H,8-9H2,1-2H3. The molecule has 114 valence electrons. The largest absolute Gasteiger partial charge is 0.390 e. The second-order valence-electron chi connectivity index (χ2n) is 4.98. The van der Waals surface area contributed by atoms with Gasteiger partial charge in [-0.25, -0.2) is 9.97 Å². The molecule has 0 radical (unpaired) electrons. The molecule has 0 unspecified atom stereocenters. The molecule has 3 heterocycles. The number of aliphatic hydroxyl groups is 1. The summed E-state index contributed by atoms with van der Waals surface area (Å²) in [5, 5.41) is 9.96. The van der Waals surface area contributed by atoms with Crippen molar-refractivity contribution in [3.05, 3.63) is 57.9 Å². The van der Waals surface area contributed by atoms with E-state index >= 15 is 0 Å². The van der Waals surface area contributed by atoms with E-state index in [9.17, 15) is 9.90 Å². The van der Waals surface area contributed by atoms with Crippen molar-refractivity contribution in [2.45, 2.75) is 24.4 Å². The van der Waals surface area contributed by atoms with Crippen molar-refractivity contribution in [3.63, 3.8) is 0 Å². The molecule has 0 aromatic carbocycles. The first-order valence-corrected chi connectivity index (χ1v) is 7.81. The van der Waals surface area contributed by atoms with Gasteiger partial charge in [0.25, 0.3) is 5.56 Å². The predicted molar refractivity (Wildman–Crippen MR) is 84.9 cm³/mol. The van der Waals surface area contributed by atoms with Gasteiger partial charge in [-0.05, 0) is 19.1 Å². The molecule has 3 aromatic rings. The quantitative estimate of drug-likeness (QED) is 0.739. The van der Waals surface area contributed by atoms with Gasteiger partial charge in [-0.2, -0.15) is 0 Å². The molecule has 0 fully saturated rings. The lowest BCUT2D eigenvalue weighted by atomic mass is 10.3.